The molecule has 0 saturated carbocycles. The molecule has 0 bridgehead atoms. The van der Waals surface area contributed by atoms with Crippen LogP contribution in [0.15, 0.2) is 30.8 Å². The van der Waals surface area contributed by atoms with Crippen LogP contribution in [0, 0.1) is 17.3 Å². The van der Waals surface area contributed by atoms with Crippen molar-refractivity contribution in [2.75, 3.05) is 13.9 Å². The predicted octanol–water partition coefficient (Wildman–Crippen LogP) is 7.17. The molecular formula is C25H33FO2Si. The Morgan fingerprint density at radius 1 is 1.07 bits per heavy atom. The third kappa shape index (κ3) is 4.57. The predicted molar refractivity (Wildman–Crippen MR) is 124 cm³/mol. The summed E-state index contributed by atoms with van der Waals surface area (Å²) >= 11 is 0. The van der Waals surface area contributed by atoms with Gasteiger partial charge >= 0.3 is 0 Å². The van der Waals surface area contributed by atoms with Gasteiger partial charge in [0.25, 0.3) is 0 Å². The molecular weight excluding hydrogens is 379 g/mol. The zero-order chi connectivity index (χ0) is 21.8. The first-order valence-corrected chi connectivity index (χ1v) is 12.5. The van der Waals surface area contributed by atoms with Gasteiger partial charge in [-0.2, -0.15) is 0 Å². The number of ether oxygens (including phenoxy) is 2. The van der Waals surface area contributed by atoms with E-state index < -0.39 is 8.07 Å². The van der Waals surface area contributed by atoms with Crippen molar-refractivity contribution in [2.24, 2.45) is 0 Å². The number of benzene rings is 2. The van der Waals surface area contributed by atoms with E-state index in [0.29, 0.717) is 27.9 Å². The Bertz CT molecular complexity index is 913. The molecule has 2 aromatic carbocycles. The fourth-order valence-electron chi connectivity index (χ4n) is 4.54. The van der Waals surface area contributed by atoms with Crippen molar-refractivity contribution in [3.63, 3.8) is 0 Å². The van der Waals surface area contributed by atoms with E-state index in [4.69, 9.17) is 9.47 Å². The Labute approximate surface area is 176 Å². The topological polar surface area (TPSA) is 18.5 Å². The maximum atomic E-state index is 14.9. The van der Waals surface area contributed by atoms with Crippen LogP contribution in [0.2, 0.25) is 16.6 Å². The minimum absolute atomic E-state index is 0.154. The van der Waals surface area contributed by atoms with Crippen molar-refractivity contribution in [1.29, 1.82) is 0 Å². The van der Waals surface area contributed by atoms with Crippen molar-refractivity contribution in [3.05, 3.63) is 47.8 Å². The number of methoxy groups -OCH3 is 1. The van der Waals surface area contributed by atoms with Crippen LogP contribution in [0.4, 0.5) is 4.39 Å². The van der Waals surface area contributed by atoms with Gasteiger partial charge in [0.2, 0.25) is 0 Å². The van der Waals surface area contributed by atoms with Gasteiger partial charge < -0.3 is 9.47 Å². The second-order valence-corrected chi connectivity index (χ2v) is 14.0. The number of hydrogen-bond acceptors (Lipinski definition) is 2. The summed E-state index contributed by atoms with van der Waals surface area (Å²) < 4.78 is 25.5. The highest BCUT2D eigenvalue weighted by atomic mass is 28.3. The highest BCUT2D eigenvalue weighted by molar-refractivity contribution is 6.90. The molecule has 2 nitrogen and oxygen atoms in total. The summed E-state index contributed by atoms with van der Waals surface area (Å²) in [5, 5.41) is 1.67. The van der Waals surface area contributed by atoms with Gasteiger partial charge in [0, 0.05) is 12.5 Å². The second-order valence-electron chi connectivity index (χ2n) is 8.44. The molecule has 0 atom stereocenters. The van der Waals surface area contributed by atoms with Crippen molar-refractivity contribution in [3.8, 4) is 17.2 Å². The maximum absolute atomic E-state index is 14.9. The van der Waals surface area contributed by atoms with Crippen LogP contribution in [0.1, 0.15) is 52.7 Å². The molecule has 0 aromatic heterocycles. The summed E-state index contributed by atoms with van der Waals surface area (Å²) in [5.74, 6) is 3.67. The maximum Gasteiger partial charge on any atom is 0.188 e. The SMILES string of the molecule is C=Cc1cc(OCOC)cc2ccc(F)c(C#C[Si](C(C)C)(C(C)C)C(C)C)c12. The normalized spacial score (nSPS) is 11.8. The van der Waals surface area contributed by atoms with Gasteiger partial charge in [0.05, 0.1) is 5.56 Å². The molecule has 0 radical (unpaired) electrons. The fraction of sp³-hybridized carbons (Fsp3) is 0.440. The lowest BCUT2D eigenvalue weighted by Crippen LogP contribution is -2.43. The molecule has 0 aliphatic heterocycles. The van der Waals surface area contributed by atoms with E-state index >= 15 is 0 Å². The Hall–Kier alpha value is -2.09. The van der Waals surface area contributed by atoms with E-state index in [1.807, 2.05) is 12.1 Å². The highest BCUT2D eigenvalue weighted by Gasteiger charge is 2.41. The van der Waals surface area contributed by atoms with E-state index in [9.17, 15) is 4.39 Å². The lowest BCUT2D eigenvalue weighted by molar-refractivity contribution is 0.0512. The van der Waals surface area contributed by atoms with E-state index in [1.165, 1.54) is 6.07 Å². The molecule has 156 valence electrons. The quantitative estimate of drug-likeness (QED) is 0.272. The largest absolute Gasteiger partial charge is 0.468 e. The first-order valence-electron chi connectivity index (χ1n) is 10.2. The van der Waals surface area contributed by atoms with Gasteiger partial charge in [-0.05, 0) is 45.8 Å². The van der Waals surface area contributed by atoms with Gasteiger partial charge in [0.15, 0.2) is 6.79 Å². The zero-order valence-corrected chi connectivity index (χ0v) is 19.7. The molecule has 0 amide bonds. The number of rotatable bonds is 7. The molecule has 4 heteroatoms. The van der Waals surface area contributed by atoms with Crippen LogP contribution < -0.4 is 4.74 Å². The fourth-order valence-corrected chi connectivity index (χ4v) is 9.75. The zero-order valence-electron chi connectivity index (χ0n) is 18.7. The average molecular weight is 413 g/mol. The number of fused-ring (bicyclic) bond motifs is 1. The monoisotopic (exact) mass is 412 g/mol. The molecule has 2 aromatic rings. The molecule has 0 unspecified atom stereocenters. The average Bonchev–Trinajstić information content (AvgIpc) is 2.66. The Kier molecular flexibility index (Phi) is 7.68. The Morgan fingerprint density at radius 3 is 2.21 bits per heavy atom. The van der Waals surface area contributed by atoms with Crippen molar-refractivity contribution >= 4 is 24.9 Å². The number of hydrogen-bond donors (Lipinski definition) is 0. The Morgan fingerprint density at radius 2 is 1.69 bits per heavy atom. The van der Waals surface area contributed by atoms with Crippen molar-refractivity contribution in [1.82, 2.24) is 0 Å². The first kappa shape index (κ1) is 23.2. The minimum atomic E-state index is -1.97. The number of halogens is 1. The Balaban J connectivity index is 2.75. The van der Waals surface area contributed by atoms with Crippen LogP contribution in [0.25, 0.3) is 16.8 Å². The molecule has 0 spiro atoms. The molecule has 0 aliphatic carbocycles. The van der Waals surface area contributed by atoms with E-state index in [2.05, 4.69) is 59.6 Å². The summed E-state index contributed by atoms with van der Waals surface area (Å²) in [5.41, 5.74) is 6.37. The summed E-state index contributed by atoms with van der Waals surface area (Å²) in [6.45, 7) is 17.6. The minimum Gasteiger partial charge on any atom is -0.468 e. The summed E-state index contributed by atoms with van der Waals surface area (Å²) in [4.78, 5) is 0. The van der Waals surface area contributed by atoms with Gasteiger partial charge in [-0.25, -0.2) is 4.39 Å². The van der Waals surface area contributed by atoms with Crippen LogP contribution in [0.3, 0.4) is 0 Å². The highest BCUT2D eigenvalue weighted by Crippen LogP contribution is 2.41. The van der Waals surface area contributed by atoms with E-state index in [-0.39, 0.29) is 12.6 Å². The van der Waals surface area contributed by atoms with E-state index in [0.717, 1.165) is 16.3 Å². The molecule has 0 saturated heterocycles. The lowest BCUT2D eigenvalue weighted by Gasteiger charge is -2.38. The van der Waals surface area contributed by atoms with Gasteiger partial charge in [-0.1, -0.05) is 66.2 Å². The lowest BCUT2D eigenvalue weighted by atomic mass is 9.98. The van der Waals surface area contributed by atoms with Crippen LogP contribution >= 0.6 is 0 Å². The standard InChI is InChI=1S/C25H33FO2Si/c1-9-20-14-22(28-16-27-8)15-21-10-11-24(26)23(25(20)21)12-13-29(17(2)3,18(4)5)19(6)7/h9-11,14-15,17-19H,1,16H2,2-8H3. The first-order chi connectivity index (χ1) is 13.7. The molecule has 0 fully saturated rings. The van der Waals surface area contributed by atoms with Crippen molar-refractivity contribution in [2.45, 2.75) is 58.2 Å². The van der Waals surface area contributed by atoms with Gasteiger partial charge in [-0.3, -0.25) is 0 Å². The van der Waals surface area contributed by atoms with Gasteiger partial charge in [0.1, 0.15) is 19.6 Å². The molecule has 0 N–H and O–H groups in total. The summed E-state index contributed by atoms with van der Waals surface area (Å²) in [6, 6.07) is 7.00. The summed E-state index contributed by atoms with van der Waals surface area (Å²) in [6.07, 6.45) is 1.73. The second kappa shape index (κ2) is 9.60. The van der Waals surface area contributed by atoms with E-state index in [1.54, 1.807) is 19.3 Å². The molecule has 29 heavy (non-hydrogen) atoms. The molecule has 2 rings (SSSR count). The van der Waals surface area contributed by atoms with Crippen LogP contribution in [-0.4, -0.2) is 22.0 Å². The van der Waals surface area contributed by atoms with Gasteiger partial charge in [-0.15, -0.1) is 5.54 Å². The van der Waals surface area contributed by atoms with Crippen molar-refractivity contribution < 1.29 is 13.9 Å². The summed E-state index contributed by atoms with van der Waals surface area (Å²) in [7, 11) is -0.395. The molecule has 0 aliphatic rings. The smallest absolute Gasteiger partial charge is 0.188 e. The third-order valence-corrected chi connectivity index (χ3v) is 12.2. The van der Waals surface area contributed by atoms with Crippen LogP contribution in [-0.2, 0) is 4.74 Å². The van der Waals surface area contributed by atoms with Crippen LogP contribution in [0.5, 0.6) is 5.75 Å². The third-order valence-electron chi connectivity index (χ3n) is 5.90. The molecule has 0 heterocycles.